The zero-order chi connectivity index (χ0) is 15.4. The van der Waals surface area contributed by atoms with Gasteiger partial charge < -0.3 is 4.74 Å². The Morgan fingerprint density at radius 2 is 1.64 bits per heavy atom. The van der Waals surface area contributed by atoms with E-state index in [-0.39, 0.29) is 0 Å². The minimum Gasteiger partial charge on any atom is -0.494 e. The quantitative estimate of drug-likeness (QED) is 0.634. The minimum absolute atomic E-state index is 0.672. The molecule has 0 N–H and O–H groups in total. The molecule has 0 atom stereocenters. The maximum Gasteiger partial charge on any atom is 0.127 e. The number of fused-ring (bicyclic) bond motifs is 1. The highest BCUT2D eigenvalue weighted by Gasteiger charge is 2.10. The Labute approximate surface area is 134 Å². The summed E-state index contributed by atoms with van der Waals surface area (Å²) in [6.45, 7) is 4.78. The molecule has 3 rings (SSSR count). The summed E-state index contributed by atoms with van der Waals surface area (Å²) in [6, 6.07) is 16.3. The molecule has 0 bridgehead atoms. The normalized spacial score (nSPS) is 10.8. The highest BCUT2D eigenvalue weighted by Crippen LogP contribution is 2.32. The smallest absolute Gasteiger partial charge is 0.127 e. The van der Waals surface area contributed by atoms with E-state index in [1.165, 1.54) is 0 Å². The predicted molar refractivity (Wildman–Crippen MR) is 92.5 cm³/mol. The van der Waals surface area contributed by atoms with Crippen molar-refractivity contribution in [3.05, 3.63) is 48.5 Å². The second-order valence-electron chi connectivity index (χ2n) is 4.79. The molecular formula is C18H18N2OS. The molecule has 22 heavy (non-hydrogen) atoms. The molecule has 0 amide bonds. The monoisotopic (exact) mass is 310 g/mol. The summed E-state index contributed by atoms with van der Waals surface area (Å²) in [4.78, 5) is 0. The van der Waals surface area contributed by atoms with Crippen LogP contribution in [0, 0.1) is 0 Å². The molecule has 1 aromatic heterocycles. The molecule has 2 aromatic carbocycles. The molecule has 3 nitrogen and oxygen atoms in total. The molecule has 0 aliphatic carbocycles. The van der Waals surface area contributed by atoms with E-state index in [2.05, 4.69) is 29.3 Å². The zero-order valence-corrected chi connectivity index (χ0v) is 13.6. The predicted octanol–water partition coefficient (Wildman–Crippen LogP) is 4.81. The maximum atomic E-state index is 5.50. The molecular weight excluding hydrogens is 292 g/mol. The van der Waals surface area contributed by atoms with E-state index in [0.717, 1.165) is 38.6 Å². The van der Waals surface area contributed by atoms with Crippen LogP contribution in [0.5, 0.6) is 5.75 Å². The van der Waals surface area contributed by atoms with Crippen LogP contribution < -0.4 is 4.74 Å². The third-order valence-corrected chi connectivity index (χ3v) is 4.24. The van der Waals surface area contributed by atoms with Crippen molar-refractivity contribution in [1.82, 2.24) is 10.2 Å². The van der Waals surface area contributed by atoms with Crippen molar-refractivity contribution in [2.24, 2.45) is 0 Å². The van der Waals surface area contributed by atoms with E-state index in [1.54, 1.807) is 11.8 Å². The lowest BCUT2D eigenvalue weighted by atomic mass is 10.1. The third kappa shape index (κ3) is 2.92. The van der Waals surface area contributed by atoms with E-state index >= 15 is 0 Å². The molecule has 0 unspecified atom stereocenters. The Balaban J connectivity index is 2.09. The van der Waals surface area contributed by atoms with Gasteiger partial charge >= 0.3 is 0 Å². The molecule has 0 saturated heterocycles. The van der Waals surface area contributed by atoms with E-state index in [4.69, 9.17) is 4.74 Å². The number of rotatable bonds is 5. The summed E-state index contributed by atoms with van der Waals surface area (Å²) in [5.41, 5.74) is 1.97. The summed E-state index contributed by atoms with van der Waals surface area (Å²) < 4.78 is 5.50. The average Bonchev–Trinajstić information content (AvgIpc) is 2.57. The van der Waals surface area contributed by atoms with Gasteiger partial charge in [0.2, 0.25) is 0 Å². The van der Waals surface area contributed by atoms with Crippen molar-refractivity contribution >= 4 is 22.5 Å². The summed E-state index contributed by atoms with van der Waals surface area (Å²) in [5.74, 6) is 1.86. The van der Waals surface area contributed by atoms with Crippen molar-refractivity contribution in [2.75, 3.05) is 12.4 Å². The number of nitrogens with zero attached hydrogens (tertiary/aromatic N) is 2. The number of hydrogen-bond donors (Lipinski definition) is 0. The Morgan fingerprint density at radius 3 is 2.32 bits per heavy atom. The van der Waals surface area contributed by atoms with E-state index < -0.39 is 0 Å². The lowest BCUT2D eigenvalue weighted by Crippen LogP contribution is -1.94. The molecule has 4 heteroatoms. The van der Waals surface area contributed by atoms with Gasteiger partial charge in [-0.1, -0.05) is 31.2 Å². The number of ether oxygens (including phenoxy) is 1. The van der Waals surface area contributed by atoms with Gasteiger partial charge in [0.25, 0.3) is 0 Å². The van der Waals surface area contributed by atoms with Gasteiger partial charge in [0.05, 0.1) is 6.61 Å². The maximum absolute atomic E-state index is 5.50. The van der Waals surface area contributed by atoms with Crippen LogP contribution in [0.2, 0.25) is 0 Å². The number of hydrogen-bond acceptors (Lipinski definition) is 4. The lowest BCUT2D eigenvalue weighted by Gasteiger charge is -2.09. The molecule has 0 aliphatic rings. The van der Waals surface area contributed by atoms with Crippen molar-refractivity contribution < 1.29 is 4.74 Å². The first kappa shape index (κ1) is 14.9. The van der Waals surface area contributed by atoms with Crippen molar-refractivity contribution in [3.63, 3.8) is 0 Å². The standard InChI is InChI=1S/C18H18N2OS/c1-3-21-14-11-9-13(10-12-14)17-15-7-5-6-8-16(15)18(20-19-17)22-4-2/h5-12H,3-4H2,1-2H3. The van der Waals surface area contributed by atoms with Crippen LogP contribution in [0.25, 0.3) is 22.0 Å². The summed E-state index contributed by atoms with van der Waals surface area (Å²) in [6.07, 6.45) is 0. The fourth-order valence-corrected chi connectivity index (χ4v) is 3.12. The van der Waals surface area contributed by atoms with Gasteiger partial charge in [-0.05, 0) is 36.9 Å². The fourth-order valence-electron chi connectivity index (χ4n) is 2.41. The van der Waals surface area contributed by atoms with Gasteiger partial charge in [-0.15, -0.1) is 22.0 Å². The van der Waals surface area contributed by atoms with Gasteiger partial charge in [0.15, 0.2) is 0 Å². The SMILES string of the molecule is CCOc1ccc(-c2nnc(SCC)c3ccccc23)cc1. The van der Waals surface area contributed by atoms with Crippen molar-refractivity contribution in [2.45, 2.75) is 18.9 Å². The van der Waals surface area contributed by atoms with Crippen LogP contribution in [0.1, 0.15) is 13.8 Å². The molecule has 0 saturated carbocycles. The van der Waals surface area contributed by atoms with E-state index in [9.17, 15) is 0 Å². The summed E-state index contributed by atoms with van der Waals surface area (Å²) in [7, 11) is 0. The van der Waals surface area contributed by atoms with Crippen molar-refractivity contribution in [1.29, 1.82) is 0 Å². The van der Waals surface area contributed by atoms with Crippen LogP contribution >= 0.6 is 11.8 Å². The first-order valence-electron chi connectivity index (χ1n) is 7.45. The Bertz CT molecular complexity index is 772. The fraction of sp³-hybridized carbons (Fsp3) is 0.222. The largest absolute Gasteiger partial charge is 0.494 e. The van der Waals surface area contributed by atoms with Gasteiger partial charge in [-0.25, -0.2) is 0 Å². The second-order valence-corrected chi connectivity index (χ2v) is 6.04. The Hall–Kier alpha value is -2.07. The lowest BCUT2D eigenvalue weighted by molar-refractivity contribution is 0.340. The summed E-state index contributed by atoms with van der Waals surface area (Å²) >= 11 is 1.72. The highest BCUT2D eigenvalue weighted by atomic mass is 32.2. The van der Waals surface area contributed by atoms with Crippen molar-refractivity contribution in [3.8, 4) is 17.0 Å². The molecule has 112 valence electrons. The number of aromatic nitrogens is 2. The van der Waals surface area contributed by atoms with Gasteiger partial charge in [0.1, 0.15) is 16.5 Å². The van der Waals surface area contributed by atoms with Gasteiger partial charge in [0, 0.05) is 16.3 Å². The van der Waals surface area contributed by atoms with Crippen LogP contribution in [-0.4, -0.2) is 22.6 Å². The second kappa shape index (κ2) is 6.79. The van der Waals surface area contributed by atoms with E-state index in [0.29, 0.717) is 6.61 Å². The van der Waals surface area contributed by atoms with E-state index in [1.807, 2.05) is 43.3 Å². The molecule has 0 fully saturated rings. The number of benzene rings is 2. The minimum atomic E-state index is 0.672. The molecule has 0 aliphatic heterocycles. The Kier molecular flexibility index (Phi) is 4.59. The molecule has 0 radical (unpaired) electrons. The average molecular weight is 310 g/mol. The highest BCUT2D eigenvalue weighted by molar-refractivity contribution is 7.99. The first-order chi connectivity index (χ1) is 10.8. The van der Waals surface area contributed by atoms with Crippen LogP contribution in [0.15, 0.2) is 53.6 Å². The first-order valence-corrected chi connectivity index (χ1v) is 8.43. The molecule has 0 spiro atoms. The zero-order valence-electron chi connectivity index (χ0n) is 12.7. The van der Waals surface area contributed by atoms with Gasteiger partial charge in [-0.2, -0.15) is 0 Å². The third-order valence-electron chi connectivity index (χ3n) is 3.37. The topological polar surface area (TPSA) is 35.0 Å². The van der Waals surface area contributed by atoms with Crippen LogP contribution in [0.3, 0.4) is 0 Å². The molecule has 1 heterocycles. The number of thioether (sulfide) groups is 1. The van der Waals surface area contributed by atoms with Crippen LogP contribution in [0.4, 0.5) is 0 Å². The summed E-state index contributed by atoms with van der Waals surface area (Å²) in [5, 5.41) is 12.2. The molecule has 3 aromatic rings. The van der Waals surface area contributed by atoms with Crippen LogP contribution in [-0.2, 0) is 0 Å². The Morgan fingerprint density at radius 1 is 0.909 bits per heavy atom. The van der Waals surface area contributed by atoms with Gasteiger partial charge in [-0.3, -0.25) is 0 Å².